The van der Waals surface area contributed by atoms with E-state index in [4.69, 9.17) is 16.3 Å². The number of halogens is 2. The summed E-state index contributed by atoms with van der Waals surface area (Å²) in [5.41, 5.74) is 1.82. The van der Waals surface area contributed by atoms with Crippen molar-refractivity contribution >= 4 is 17.5 Å². The fraction of sp³-hybridized carbons (Fsp3) is 0.462. The predicted molar refractivity (Wildman–Crippen MR) is 67.6 cm³/mol. The molecule has 0 atom stereocenters. The van der Waals surface area contributed by atoms with Crippen LogP contribution >= 0.6 is 11.6 Å². The number of carbonyl (C=O) groups excluding carboxylic acids is 1. The smallest absolute Gasteiger partial charge is 0.216 e. The molecule has 1 aliphatic heterocycles. The molecule has 0 radical (unpaired) electrons. The first-order valence-corrected chi connectivity index (χ1v) is 6.34. The number of ether oxygens (including phenoxy) is 1. The first kappa shape index (κ1) is 13.1. The van der Waals surface area contributed by atoms with Gasteiger partial charge in [0.05, 0.1) is 6.61 Å². The van der Waals surface area contributed by atoms with Gasteiger partial charge in [-0.15, -0.1) is 0 Å². The second-order valence-corrected chi connectivity index (χ2v) is 4.72. The molecule has 0 bridgehead atoms. The molecule has 0 fully saturated rings. The molecule has 0 aromatic heterocycles. The monoisotopic (exact) mass is 271 g/mol. The first-order chi connectivity index (χ1) is 8.59. The van der Waals surface area contributed by atoms with E-state index in [0.717, 1.165) is 17.5 Å². The maximum atomic E-state index is 13.6. The van der Waals surface area contributed by atoms with Crippen LogP contribution in [0.2, 0.25) is 5.02 Å². The third-order valence-electron chi connectivity index (χ3n) is 2.97. The highest BCUT2D eigenvalue weighted by Gasteiger charge is 2.22. The molecule has 1 heterocycles. The van der Waals surface area contributed by atoms with Crippen LogP contribution in [0.15, 0.2) is 6.07 Å². The van der Waals surface area contributed by atoms with Crippen LogP contribution < -0.4 is 10.1 Å². The SMILES string of the molecule is CC(=O)NCCCc1c(Cl)cc(F)c2c1CCO2. The summed E-state index contributed by atoms with van der Waals surface area (Å²) in [4.78, 5) is 10.7. The molecule has 98 valence electrons. The molecular formula is C13H15ClFNO2. The summed E-state index contributed by atoms with van der Waals surface area (Å²) in [5, 5.41) is 3.17. The van der Waals surface area contributed by atoms with Crippen molar-refractivity contribution in [3.05, 3.63) is 28.0 Å². The summed E-state index contributed by atoms with van der Waals surface area (Å²) in [6.07, 6.45) is 2.19. The lowest BCUT2D eigenvalue weighted by molar-refractivity contribution is -0.118. The molecule has 0 aliphatic carbocycles. The Hall–Kier alpha value is -1.29. The Bertz CT molecular complexity index is 477. The van der Waals surface area contributed by atoms with Crippen LogP contribution in [0.3, 0.4) is 0 Å². The van der Waals surface area contributed by atoms with Crippen molar-refractivity contribution in [1.82, 2.24) is 5.32 Å². The van der Waals surface area contributed by atoms with E-state index in [9.17, 15) is 9.18 Å². The fourth-order valence-corrected chi connectivity index (χ4v) is 2.47. The van der Waals surface area contributed by atoms with Gasteiger partial charge in [0.2, 0.25) is 5.91 Å². The van der Waals surface area contributed by atoms with Gasteiger partial charge in [0.15, 0.2) is 11.6 Å². The van der Waals surface area contributed by atoms with Gasteiger partial charge in [-0.25, -0.2) is 4.39 Å². The summed E-state index contributed by atoms with van der Waals surface area (Å²) in [6, 6.07) is 1.31. The molecule has 1 amide bonds. The molecule has 5 heteroatoms. The van der Waals surface area contributed by atoms with Gasteiger partial charge in [0.25, 0.3) is 0 Å². The highest BCUT2D eigenvalue weighted by atomic mass is 35.5. The van der Waals surface area contributed by atoms with E-state index in [0.29, 0.717) is 36.8 Å². The number of rotatable bonds is 4. The molecule has 1 N–H and O–H groups in total. The van der Waals surface area contributed by atoms with Crippen molar-refractivity contribution in [2.75, 3.05) is 13.2 Å². The van der Waals surface area contributed by atoms with Gasteiger partial charge in [-0.3, -0.25) is 4.79 Å². The van der Waals surface area contributed by atoms with Crippen molar-refractivity contribution in [2.45, 2.75) is 26.2 Å². The second kappa shape index (κ2) is 5.57. The van der Waals surface area contributed by atoms with Gasteiger partial charge in [0, 0.05) is 30.5 Å². The summed E-state index contributed by atoms with van der Waals surface area (Å²) in [6.45, 7) is 2.58. The van der Waals surface area contributed by atoms with E-state index in [2.05, 4.69) is 5.32 Å². The molecule has 0 saturated heterocycles. The van der Waals surface area contributed by atoms with Gasteiger partial charge in [-0.2, -0.15) is 0 Å². The summed E-state index contributed by atoms with van der Waals surface area (Å²) >= 11 is 6.07. The molecule has 1 aromatic carbocycles. The Morgan fingerprint density at radius 1 is 1.61 bits per heavy atom. The average molecular weight is 272 g/mol. The molecular weight excluding hydrogens is 257 g/mol. The average Bonchev–Trinajstić information content (AvgIpc) is 2.76. The quantitative estimate of drug-likeness (QED) is 0.855. The van der Waals surface area contributed by atoms with Crippen molar-refractivity contribution in [3.8, 4) is 5.75 Å². The first-order valence-electron chi connectivity index (χ1n) is 5.96. The van der Waals surface area contributed by atoms with Crippen molar-refractivity contribution in [1.29, 1.82) is 0 Å². The zero-order valence-electron chi connectivity index (χ0n) is 10.2. The van der Waals surface area contributed by atoms with Crippen LogP contribution in [-0.4, -0.2) is 19.1 Å². The minimum absolute atomic E-state index is 0.0474. The van der Waals surface area contributed by atoms with E-state index >= 15 is 0 Å². The lowest BCUT2D eigenvalue weighted by Crippen LogP contribution is -2.21. The zero-order valence-corrected chi connectivity index (χ0v) is 10.9. The van der Waals surface area contributed by atoms with Crippen LogP contribution in [-0.2, 0) is 17.6 Å². The van der Waals surface area contributed by atoms with Crippen LogP contribution in [0, 0.1) is 5.82 Å². The molecule has 3 nitrogen and oxygen atoms in total. The number of amides is 1. The van der Waals surface area contributed by atoms with E-state index in [1.165, 1.54) is 13.0 Å². The Kier molecular flexibility index (Phi) is 4.07. The van der Waals surface area contributed by atoms with Gasteiger partial charge < -0.3 is 10.1 Å². The van der Waals surface area contributed by atoms with Crippen molar-refractivity contribution < 1.29 is 13.9 Å². The number of benzene rings is 1. The topological polar surface area (TPSA) is 38.3 Å². The van der Waals surface area contributed by atoms with Gasteiger partial charge in [-0.1, -0.05) is 11.6 Å². The fourth-order valence-electron chi connectivity index (χ4n) is 2.16. The van der Waals surface area contributed by atoms with Crippen LogP contribution in [0.4, 0.5) is 4.39 Å². The molecule has 0 spiro atoms. The largest absolute Gasteiger partial charge is 0.490 e. The van der Waals surface area contributed by atoms with Crippen molar-refractivity contribution in [3.63, 3.8) is 0 Å². The number of carbonyl (C=O) groups is 1. The lowest BCUT2D eigenvalue weighted by atomic mass is 10.0. The molecule has 2 rings (SSSR count). The summed E-state index contributed by atoms with van der Waals surface area (Å²) in [7, 11) is 0. The van der Waals surface area contributed by atoms with Crippen LogP contribution in [0.5, 0.6) is 5.75 Å². The maximum Gasteiger partial charge on any atom is 0.216 e. The standard InChI is InChI=1S/C13H15ClFNO2/c1-8(17)16-5-2-3-9-10-4-6-18-13(10)12(15)7-11(9)14/h7H,2-6H2,1H3,(H,16,17). The predicted octanol–water partition coefficient (Wildman–Crippen LogP) is 2.48. The number of hydrogen-bond acceptors (Lipinski definition) is 2. The summed E-state index contributed by atoms with van der Waals surface area (Å²) in [5.74, 6) is -0.0965. The second-order valence-electron chi connectivity index (χ2n) is 4.31. The number of hydrogen-bond donors (Lipinski definition) is 1. The lowest BCUT2D eigenvalue weighted by Gasteiger charge is -2.10. The molecule has 1 aromatic rings. The van der Waals surface area contributed by atoms with E-state index in [-0.39, 0.29) is 5.91 Å². The molecule has 18 heavy (non-hydrogen) atoms. The Labute approximate surface area is 110 Å². The summed E-state index contributed by atoms with van der Waals surface area (Å²) < 4.78 is 18.8. The Morgan fingerprint density at radius 2 is 2.39 bits per heavy atom. The van der Waals surface area contributed by atoms with E-state index < -0.39 is 5.82 Å². The number of fused-ring (bicyclic) bond motifs is 1. The highest BCUT2D eigenvalue weighted by Crippen LogP contribution is 2.36. The molecule has 1 aliphatic rings. The minimum atomic E-state index is -0.391. The van der Waals surface area contributed by atoms with E-state index in [1.807, 2.05) is 0 Å². The normalized spacial score (nSPS) is 13.1. The van der Waals surface area contributed by atoms with Gasteiger partial charge in [-0.05, 0) is 24.5 Å². The third-order valence-corrected chi connectivity index (χ3v) is 3.31. The number of nitrogens with one attached hydrogen (secondary N) is 1. The van der Waals surface area contributed by atoms with E-state index in [1.54, 1.807) is 0 Å². The van der Waals surface area contributed by atoms with Gasteiger partial charge in [0.1, 0.15) is 0 Å². The third kappa shape index (κ3) is 2.75. The molecule has 0 unspecified atom stereocenters. The van der Waals surface area contributed by atoms with Crippen LogP contribution in [0.1, 0.15) is 24.5 Å². The Balaban J connectivity index is 2.08. The van der Waals surface area contributed by atoms with Crippen molar-refractivity contribution in [2.24, 2.45) is 0 Å². The maximum absolute atomic E-state index is 13.6. The minimum Gasteiger partial charge on any atom is -0.490 e. The highest BCUT2D eigenvalue weighted by molar-refractivity contribution is 6.31. The van der Waals surface area contributed by atoms with Gasteiger partial charge >= 0.3 is 0 Å². The zero-order chi connectivity index (χ0) is 13.1. The Morgan fingerprint density at radius 3 is 3.11 bits per heavy atom. The van der Waals surface area contributed by atoms with Crippen LogP contribution in [0.25, 0.3) is 0 Å². The molecule has 0 saturated carbocycles.